The van der Waals surface area contributed by atoms with Crippen LogP contribution in [0.5, 0.6) is 0 Å². The Morgan fingerprint density at radius 3 is 2.38 bits per heavy atom. The summed E-state index contributed by atoms with van der Waals surface area (Å²) in [6.07, 6.45) is 9.26. The van der Waals surface area contributed by atoms with Crippen LogP contribution >= 0.6 is 11.8 Å². The number of thioether (sulfide) groups is 1. The van der Waals surface area contributed by atoms with Gasteiger partial charge in [0.2, 0.25) is 5.91 Å². The predicted molar refractivity (Wildman–Crippen MR) is 124 cm³/mol. The van der Waals surface area contributed by atoms with Gasteiger partial charge < -0.3 is 9.80 Å². The van der Waals surface area contributed by atoms with E-state index in [0.717, 1.165) is 62.2 Å². The van der Waals surface area contributed by atoms with E-state index in [-0.39, 0.29) is 23.7 Å². The number of rotatable bonds is 7. The maximum Gasteiger partial charge on any atom is 0.255 e. The van der Waals surface area contributed by atoms with E-state index < -0.39 is 0 Å². The molecule has 32 heavy (non-hydrogen) atoms. The van der Waals surface area contributed by atoms with Crippen LogP contribution in [0.1, 0.15) is 60.9 Å². The van der Waals surface area contributed by atoms with Crippen LogP contribution in [-0.4, -0.2) is 51.5 Å². The number of benzene rings is 1. The first kappa shape index (κ1) is 22.8. The van der Waals surface area contributed by atoms with Gasteiger partial charge in [0.25, 0.3) is 5.91 Å². The van der Waals surface area contributed by atoms with Crippen molar-refractivity contribution in [2.45, 2.75) is 62.6 Å². The zero-order chi connectivity index (χ0) is 22.3. The van der Waals surface area contributed by atoms with Crippen LogP contribution in [0.25, 0.3) is 0 Å². The van der Waals surface area contributed by atoms with E-state index in [1.54, 1.807) is 24.4 Å². The van der Waals surface area contributed by atoms with Crippen molar-refractivity contribution < 1.29 is 14.0 Å². The summed E-state index contributed by atoms with van der Waals surface area (Å²) >= 11 is 1.40. The highest BCUT2D eigenvalue weighted by Crippen LogP contribution is 2.26. The molecule has 1 saturated heterocycles. The highest BCUT2D eigenvalue weighted by Gasteiger charge is 2.26. The average molecular weight is 456 g/mol. The lowest BCUT2D eigenvalue weighted by molar-refractivity contribution is -0.132. The van der Waals surface area contributed by atoms with E-state index in [4.69, 9.17) is 0 Å². The molecule has 0 spiro atoms. The summed E-state index contributed by atoms with van der Waals surface area (Å²) in [6.45, 7) is 2.13. The number of carbonyl (C=O) groups excluding carboxylic acids is 2. The topological polar surface area (TPSA) is 53.5 Å². The molecule has 2 heterocycles. The summed E-state index contributed by atoms with van der Waals surface area (Å²) < 4.78 is 13.3. The van der Waals surface area contributed by atoms with Gasteiger partial charge in [-0.05, 0) is 55.5 Å². The number of aromatic nitrogens is 1. The van der Waals surface area contributed by atoms with E-state index in [9.17, 15) is 14.0 Å². The Hall–Kier alpha value is -2.41. The van der Waals surface area contributed by atoms with Gasteiger partial charge >= 0.3 is 0 Å². The standard InChI is InChI=1S/C25H30FN3O2S/c26-21-11-8-19(9-12-21)17-29(22-6-2-1-3-7-22)24(30)18-32-23-13-10-20(16-27-23)25(31)28-14-4-5-15-28/h8-13,16,22H,1-7,14-15,17-18H2. The van der Waals surface area contributed by atoms with Crippen molar-refractivity contribution in [2.24, 2.45) is 0 Å². The fourth-order valence-corrected chi connectivity index (χ4v) is 5.24. The van der Waals surface area contributed by atoms with Crippen LogP contribution in [0.15, 0.2) is 47.6 Å². The van der Waals surface area contributed by atoms with Crippen molar-refractivity contribution >= 4 is 23.6 Å². The Morgan fingerprint density at radius 1 is 1.00 bits per heavy atom. The lowest BCUT2D eigenvalue weighted by Crippen LogP contribution is -2.41. The first-order chi connectivity index (χ1) is 15.6. The number of likely N-dealkylation sites (tertiary alicyclic amines) is 1. The van der Waals surface area contributed by atoms with E-state index in [1.165, 1.54) is 30.3 Å². The van der Waals surface area contributed by atoms with Crippen molar-refractivity contribution in [3.05, 3.63) is 59.5 Å². The second-order valence-electron chi connectivity index (χ2n) is 8.61. The molecular weight excluding hydrogens is 425 g/mol. The molecule has 2 aliphatic rings. The molecule has 1 aliphatic carbocycles. The second-order valence-corrected chi connectivity index (χ2v) is 9.61. The van der Waals surface area contributed by atoms with E-state index in [1.807, 2.05) is 15.9 Å². The van der Waals surface area contributed by atoms with Gasteiger partial charge in [-0.2, -0.15) is 0 Å². The molecular formula is C25H30FN3O2S. The van der Waals surface area contributed by atoms with Crippen molar-refractivity contribution in [1.29, 1.82) is 0 Å². The number of hydrogen-bond donors (Lipinski definition) is 0. The average Bonchev–Trinajstić information content (AvgIpc) is 3.38. The SMILES string of the molecule is O=C(c1ccc(SCC(=O)N(Cc2ccc(F)cc2)C2CCCCC2)nc1)N1CCCC1. The van der Waals surface area contributed by atoms with Crippen LogP contribution < -0.4 is 0 Å². The molecule has 2 fully saturated rings. The Labute approximate surface area is 193 Å². The second kappa shape index (κ2) is 10.9. The molecule has 1 saturated carbocycles. The smallest absolute Gasteiger partial charge is 0.255 e. The Kier molecular flexibility index (Phi) is 7.79. The predicted octanol–water partition coefficient (Wildman–Crippen LogP) is 4.91. The molecule has 1 aliphatic heterocycles. The van der Waals surface area contributed by atoms with Gasteiger partial charge in [-0.3, -0.25) is 9.59 Å². The minimum absolute atomic E-state index is 0.0328. The first-order valence-corrected chi connectivity index (χ1v) is 12.5. The fourth-order valence-electron chi connectivity index (χ4n) is 4.51. The van der Waals surface area contributed by atoms with Gasteiger partial charge in [-0.15, -0.1) is 0 Å². The molecule has 1 aromatic carbocycles. The fraction of sp³-hybridized carbons (Fsp3) is 0.480. The zero-order valence-corrected chi connectivity index (χ0v) is 19.2. The molecule has 0 atom stereocenters. The summed E-state index contributed by atoms with van der Waals surface area (Å²) in [5.41, 5.74) is 1.54. The molecule has 1 aromatic heterocycles. The van der Waals surface area contributed by atoms with Crippen LogP contribution in [0.4, 0.5) is 4.39 Å². The molecule has 0 N–H and O–H groups in total. The zero-order valence-electron chi connectivity index (χ0n) is 18.3. The van der Waals surface area contributed by atoms with Crippen molar-refractivity contribution in [1.82, 2.24) is 14.8 Å². The maximum atomic E-state index is 13.3. The molecule has 7 heteroatoms. The number of pyridine rings is 1. The van der Waals surface area contributed by atoms with Crippen molar-refractivity contribution in [3.8, 4) is 0 Å². The van der Waals surface area contributed by atoms with E-state index >= 15 is 0 Å². The van der Waals surface area contributed by atoms with Gasteiger partial charge in [0, 0.05) is 31.9 Å². The Morgan fingerprint density at radius 2 is 1.72 bits per heavy atom. The number of halogens is 1. The monoisotopic (exact) mass is 455 g/mol. The van der Waals surface area contributed by atoms with E-state index in [0.29, 0.717) is 17.9 Å². The summed E-state index contributed by atoms with van der Waals surface area (Å²) in [6, 6.07) is 10.3. The molecule has 4 rings (SSSR count). The third-order valence-electron chi connectivity index (χ3n) is 6.32. The van der Waals surface area contributed by atoms with Crippen LogP contribution in [0.2, 0.25) is 0 Å². The Balaban J connectivity index is 1.37. The third kappa shape index (κ3) is 5.88. The largest absolute Gasteiger partial charge is 0.339 e. The summed E-state index contributed by atoms with van der Waals surface area (Å²) in [5.74, 6) is 0.137. The minimum atomic E-state index is -0.266. The highest BCUT2D eigenvalue weighted by atomic mass is 32.2. The molecule has 0 radical (unpaired) electrons. The molecule has 170 valence electrons. The van der Waals surface area contributed by atoms with Crippen LogP contribution in [0.3, 0.4) is 0 Å². The van der Waals surface area contributed by atoms with Gasteiger partial charge in [0.05, 0.1) is 16.3 Å². The molecule has 2 aromatic rings. The van der Waals surface area contributed by atoms with Crippen LogP contribution in [-0.2, 0) is 11.3 Å². The summed E-state index contributed by atoms with van der Waals surface area (Å²) in [4.78, 5) is 33.9. The minimum Gasteiger partial charge on any atom is -0.339 e. The molecule has 2 amide bonds. The number of nitrogens with zero attached hydrogens (tertiary/aromatic N) is 3. The molecule has 5 nitrogen and oxygen atoms in total. The maximum absolute atomic E-state index is 13.3. The third-order valence-corrected chi connectivity index (χ3v) is 7.25. The van der Waals surface area contributed by atoms with E-state index in [2.05, 4.69) is 4.98 Å². The van der Waals surface area contributed by atoms with Gasteiger partial charge in [-0.25, -0.2) is 9.37 Å². The lowest BCUT2D eigenvalue weighted by Gasteiger charge is -2.34. The van der Waals surface area contributed by atoms with Gasteiger partial charge in [0.1, 0.15) is 5.82 Å². The molecule has 0 unspecified atom stereocenters. The number of carbonyl (C=O) groups is 2. The summed E-state index contributed by atoms with van der Waals surface area (Å²) in [7, 11) is 0. The number of hydrogen-bond acceptors (Lipinski definition) is 4. The molecule has 0 bridgehead atoms. The van der Waals surface area contributed by atoms with Gasteiger partial charge in [0.15, 0.2) is 0 Å². The first-order valence-electron chi connectivity index (χ1n) is 11.5. The summed E-state index contributed by atoms with van der Waals surface area (Å²) in [5, 5.41) is 0.738. The quantitative estimate of drug-likeness (QED) is 0.557. The van der Waals surface area contributed by atoms with Crippen molar-refractivity contribution in [3.63, 3.8) is 0 Å². The lowest BCUT2D eigenvalue weighted by atomic mass is 9.94. The van der Waals surface area contributed by atoms with Gasteiger partial charge in [-0.1, -0.05) is 43.2 Å². The normalized spacial score (nSPS) is 16.8. The Bertz CT molecular complexity index is 908. The van der Waals surface area contributed by atoms with Crippen molar-refractivity contribution in [2.75, 3.05) is 18.8 Å². The highest BCUT2D eigenvalue weighted by molar-refractivity contribution is 7.99. The number of amides is 2. The van der Waals surface area contributed by atoms with Crippen LogP contribution in [0, 0.1) is 5.82 Å².